The van der Waals surface area contributed by atoms with Gasteiger partial charge in [-0.15, -0.1) is 0 Å². The highest BCUT2D eigenvalue weighted by molar-refractivity contribution is 6.21. The first-order valence-corrected chi connectivity index (χ1v) is 22.7. The summed E-state index contributed by atoms with van der Waals surface area (Å²) in [7, 11) is 0. The topological polar surface area (TPSA) is 16.4 Å². The largest absolute Gasteiger partial charge is 0.455 e. The van der Waals surface area contributed by atoms with Crippen LogP contribution in [0.2, 0.25) is 0 Å². The van der Waals surface area contributed by atoms with Crippen molar-refractivity contribution in [3.8, 4) is 44.5 Å². The van der Waals surface area contributed by atoms with Crippen LogP contribution in [0.15, 0.2) is 253 Å². The lowest BCUT2D eigenvalue weighted by atomic mass is 9.91. The Morgan fingerprint density at radius 3 is 1.48 bits per heavy atom. The van der Waals surface area contributed by atoms with Gasteiger partial charge in [0.15, 0.2) is 0 Å². The fourth-order valence-electron chi connectivity index (χ4n) is 10.4. The van der Waals surface area contributed by atoms with Crippen LogP contribution in [-0.2, 0) is 0 Å². The average Bonchev–Trinajstić information content (AvgIpc) is 3.79. The summed E-state index contributed by atoms with van der Waals surface area (Å²) in [5.74, 6) is 0. The maximum Gasteiger partial charge on any atom is 0.145 e. The molecule has 0 radical (unpaired) electrons. The van der Waals surface area contributed by atoms with E-state index in [0.717, 1.165) is 55.7 Å². The van der Waals surface area contributed by atoms with Crippen molar-refractivity contribution in [1.82, 2.24) is 0 Å². The van der Waals surface area contributed by atoms with E-state index in [-0.39, 0.29) is 0 Å². The van der Waals surface area contributed by atoms with E-state index in [4.69, 9.17) is 4.42 Å². The summed E-state index contributed by atoms with van der Waals surface area (Å²) >= 11 is 0. The molecule has 1 aromatic heterocycles. The predicted molar refractivity (Wildman–Crippen MR) is 280 cm³/mol. The summed E-state index contributed by atoms with van der Waals surface area (Å²) in [6, 6.07) is 90.2. The minimum absolute atomic E-state index is 0.857. The predicted octanol–water partition coefficient (Wildman–Crippen LogP) is 18.3. The quantitative estimate of drug-likeness (QED) is 0.149. The summed E-state index contributed by atoms with van der Waals surface area (Å²) in [6.45, 7) is 0. The number of fused-ring (bicyclic) bond motifs is 9. The van der Waals surface area contributed by atoms with Gasteiger partial charge in [-0.3, -0.25) is 0 Å². The van der Waals surface area contributed by atoms with Gasteiger partial charge in [0, 0.05) is 22.3 Å². The molecule has 0 saturated heterocycles. The number of rotatable bonds is 7. The van der Waals surface area contributed by atoms with E-state index in [1.54, 1.807) is 0 Å². The molecule has 0 aliphatic carbocycles. The third kappa shape index (κ3) is 6.18. The Kier molecular flexibility index (Phi) is 8.89. The summed E-state index contributed by atoms with van der Waals surface area (Å²) in [6.07, 6.45) is 0. The minimum Gasteiger partial charge on any atom is -0.455 e. The highest BCUT2D eigenvalue weighted by atomic mass is 16.3. The summed E-state index contributed by atoms with van der Waals surface area (Å²) < 4.78 is 7.05. The van der Waals surface area contributed by atoms with Crippen LogP contribution in [0, 0.1) is 0 Å². The number of anilines is 3. The lowest BCUT2D eigenvalue weighted by molar-refractivity contribution is 0.670. The van der Waals surface area contributed by atoms with Gasteiger partial charge in [0.1, 0.15) is 11.2 Å². The number of hydrogen-bond donors (Lipinski definition) is 0. The molecule has 0 unspecified atom stereocenters. The highest BCUT2D eigenvalue weighted by Crippen LogP contribution is 2.49. The molecule has 13 rings (SSSR count). The number of hydrogen-bond acceptors (Lipinski definition) is 2. The molecule has 0 aliphatic rings. The number of benzene rings is 12. The van der Waals surface area contributed by atoms with Crippen molar-refractivity contribution in [3.05, 3.63) is 249 Å². The Labute approximate surface area is 382 Å². The number of furan rings is 1. The third-order valence-corrected chi connectivity index (χ3v) is 13.4. The molecule has 0 fully saturated rings. The van der Waals surface area contributed by atoms with Crippen molar-refractivity contribution < 1.29 is 4.42 Å². The molecular formula is C64H41NO. The van der Waals surface area contributed by atoms with Crippen molar-refractivity contribution in [2.75, 3.05) is 4.90 Å². The Balaban J connectivity index is 1.05. The second-order valence-electron chi connectivity index (χ2n) is 17.2. The standard InChI is InChI=1S/C64H41NO/c1-2-17-42(18-3-1)49-23-8-9-24-50(49)44-21-16-22-48(39-44)65(47-35-33-43(34-36-47)59-40-45-19-4-6-25-51(45)53-27-10-12-29-55(53)59)61-38-37-57(64-63(61)58-31-14-15-32-62(58)66-64)60-41-46-20-5-7-26-52(46)54-28-11-13-30-56(54)60/h1-41H. The third-order valence-electron chi connectivity index (χ3n) is 13.4. The summed E-state index contributed by atoms with van der Waals surface area (Å²) in [4.78, 5) is 2.42. The molecule has 0 aliphatic heterocycles. The molecule has 0 spiro atoms. The van der Waals surface area contributed by atoms with Crippen molar-refractivity contribution in [1.29, 1.82) is 0 Å². The lowest BCUT2D eigenvalue weighted by Gasteiger charge is -2.27. The SMILES string of the molecule is c1ccc(-c2ccccc2-c2cccc(N(c3ccc(-c4cc5ccccc5c5ccccc45)cc3)c3ccc(-c4cc5ccccc5c5ccccc45)c4oc5ccccc5c34)c2)cc1. The first-order valence-electron chi connectivity index (χ1n) is 22.7. The van der Waals surface area contributed by atoms with E-state index in [2.05, 4.69) is 254 Å². The second kappa shape index (κ2) is 15.5. The van der Waals surface area contributed by atoms with Crippen LogP contribution in [0.25, 0.3) is 110 Å². The lowest BCUT2D eigenvalue weighted by Crippen LogP contribution is -2.10. The van der Waals surface area contributed by atoms with Crippen molar-refractivity contribution in [3.63, 3.8) is 0 Å². The normalized spacial score (nSPS) is 11.6. The molecule has 0 amide bonds. The van der Waals surface area contributed by atoms with Crippen LogP contribution in [0.4, 0.5) is 17.1 Å². The maximum absolute atomic E-state index is 7.05. The Morgan fingerprint density at radius 2 is 0.788 bits per heavy atom. The fourth-order valence-corrected chi connectivity index (χ4v) is 10.4. The molecule has 0 atom stereocenters. The van der Waals surface area contributed by atoms with Gasteiger partial charge in [-0.1, -0.05) is 194 Å². The van der Waals surface area contributed by atoms with E-state index in [9.17, 15) is 0 Å². The van der Waals surface area contributed by atoms with E-state index < -0.39 is 0 Å². The Morgan fingerprint density at radius 1 is 0.273 bits per heavy atom. The van der Waals surface area contributed by atoms with Gasteiger partial charge in [-0.2, -0.15) is 0 Å². The zero-order valence-corrected chi connectivity index (χ0v) is 36.0. The van der Waals surface area contributed by atoms with Crippen molar-refractivity contribution in [2.24, 2.45) is 0 Å². The summed E-state index contributed by atoms with van der Waals surface area (Å²) in [5, 5.41) is 12.0. The van der Waals surface area contributed by atoms with Crippen LogP contribution < -0.4 is 4.90 Å². The Hall–Kier alpha value is -8.72. The second-order valence-corrected chi connectivity index (χ2v) is 17.2. The molecule has 2 heteroatoms. The molecular weight excluding hydrogens is 799 g/mol. The molecule has 1 heterocycles. The molecule has 2 nitrogen and oxygen atoms in total. The van der Waals surface area contributed by atoms with Gasteiger partial charge in [0.05, 0.1) is 11.1 Å². The van der Waals surface area contributed by atoms with Gasteiger partial charge in [-0.05, 0) is 137 Å². The van der Waals surface area contributed by atoms with Gasteiger partial charge < -0.3 is 9.32 Å². The van der Waals surface area contributed by atoms with Crippen LogP contribution in [-0.4, -0.2) is 0 Å². The fraction of sp³-hybridized carbons (Fsp3) is 0. The first kappa shape index (κ1) is 37.8. The van der Waals surface area contributed by atoms with Gasteiger partial charge in [0.2, 0.25) is 0 Å². The van der Waals surface area contributed by atoms with E-state index in [1.807, 2.05) is 0 Å². The monoisotopic (exact) mass is 839 g/mol. The molecule has 0 bridgehead atoms. The molecule has 66 heavy (non-hydrogen) atoms. The van der Waals surface area contributed by atoms with Gasteiger partial charge in [-0.25, -0.2) is 0 Å². The summed E-state index contributed by atoms with van der Waals surface area (Å²) in [5.41, 5.74) is 14.2. The van der Waals surface area contributed by atoms with Crippen LogP contribution in [0.3, 0.4) is 0 Å². The van der Waals surface area contributed by atoms with E-state index in [1.165, 1.54) is 70.9 Å². The van der Waals surface area contributed by atoms with Crippen LogP contribution >= 0.6 is 0 Å². The molecule has 12 aromatic carbocycles. The maximum atomic E-state index is 7.05. The molecule has 13 aromatic rings. The molecule has 0 saturated carbocycles. The van der Waals surface area contributed by atoms with Crippen LogP contribution in [0.5, 0.6) is 0 Å². The molecule has 0 N–H and O–H groups in total. The minimum atomic E-state index is 0.857. The van der Waals surface area contributed by atoms with Crippen molar-refractivity contribution in [2.45, 2.75) is 0 Å². The van der Waals surface area contributed by atoms with E-state index in [0.29, 0.717) is 0 Å². The smallest absolute Gasteiger partial charge is 0.145 e. The van der Waals surface area contributed by atoms with Gasteiger partial charge >= 0.3 is 0 Å². The first-order chi connectivity index (χ1) is 32.7. The zero-order chi connectivity index (χ0) is 43.6. The van der Waals surface area contributed by atoms with Crippen LogP contribution in [0.1, 0.15) is 0 Å². The van der Waals surface area contributed by atoms with Gasteiger partial charge in [0.25, 0.3) is 0 Å². The zero-order valence-electron chi connectivity index (χ0n) is 36.0. The number of nitrogens with zero attached hydrogens (tertiary/aromatic N) is 1. The Bertz CT molecular complexity index is 3990. The highest BCUT2D eigenvalue weighted by Gasteiger charge is 2.24. The van der Waals surface area contributed by atoms with Crippen molar-refractivity contribution >= 4 is 82.1 Å². The number of para-hydroxylation sites is 1. The average molecular weight is 840 g/mol. The molecule has 308 valence electrons. The van der Waals surface area contributed by atoms with E-state index >= 15 is 0 Å².